The van der Waals surface area contributed by atoms with E-state index in [4.69, 9.17) is 11.6 Å². The highest BCUT2D eigenvalue weighted by Gasteiger charge is 2.26. The Morgan fingerprint density at radius 1 is 1.00 bits per heavy atom. The molecule has 0 spiro atoms. The van der Waals surface area contributed by atoms with Crippen LogP contribution in [-0.4, -0.2) is 49.7 Å². The fourth-order valence-electron chi connectivity index (χ4n) is 4.19. The van der Waals surface area contributed by atoms with E-state index >= 15 is 0 Å². The summed E-state index contributed by atoms with van der Waals surface area (Å²) in [6.07, 6.45) is 1.44. The number of nitrogens with zero attached hydrogens (tertiary/aromatic N) is 4. The summed E-state index contributed by atoms with van der Waals surface area (Å²) in [5, 5.41) is 20.6. The van der Waals surface area contributed by atoms with Crippen molar-refractivity contribution in [1.29, 1.82) is 0 Å². The van der Waals surface area contributed by atoms with Gasteiger partial charge in [0, 0.05) is 28.3 Å². The van der Waals surface area contributed by atoms with E-state index in [2.05, 4.69) is 31.5 Å². The largest absolute Gasteiger partial charge is 0.340 e. The predicted molar refractivity (Wildman–Crippen MR) is 147 cm³/mol. The second-order valence-corrected chi connectivity index (χ2v) is 10.4. The maximum absolute atomic E-state index is 13.7. The van der Waals surface area contributed by atoms with Crippen LogP contribution < -0.4 is 16.0 Å². The average molecular weight is 562 g/mol. The molecule has 5 rings (SSSR count). The molecule has 3 aromatic carbocycles. The molecule has 1 aliphatic heterocycles. The minimum atomic E-state index is -0.887. The second-order valence-electron chi connectivity index (χ2n) is 8.91. The van der Waals surface area contributed by atoms with Gasteiger partial charge in [0.2, 0.25) is 11.8 Å². The molecule has 198 valence electrons. The molecule has 12 heteroatoms. The maximum Gasteiger partial charge on any atom is 0.251 e. The van der Waals surface area contributed by atoms with Crippen LogP contribution in [0.25, 0.3) is 0 Å². The lowest BCUT2D eigenvalue weighted by Gasteiger charge is -2.24. The first kappa shape index (κ1) is 26.4. The van der Waals surface area contributed by atoms with Gasteiger partial charge in [-0.05, 0) is 51.9 Å². The van der Waals surface area contributed by atoms with Crippen LogP contribution >= 0.6 is 23.4 Å². The Bertz CT molecular complexity index is 1480. The molecule has 10 nitrogen and oxygen atoms in total. The summed E-state index contributed by atoms with van der Waals surface area (Å²) in [4.78, 5) is 39.4. The van der Waals surface area contributed by atoms with Crippen molar-refractivity contribution in [3.8, 4) is 0 Å². The number of nitrogens with one attached hydrogen (secondary N) is 3. The number of amides is 3. The number of hydrogen-bond acceptors (Lipinski definition) is 7. The summed E-state index contributed by atoms with van der Waals surface area (Å²) in [7, 11) is 0. The normalized spacial score (nSPS) is 14.0. The number of anilines is 1. The molecule has 0 bridgehead atoms. The average Bonchev–Trinajstić information content (AvgIpc) is 3.48. The first-order valence-corrected chi connectivity index (χ1v) is 13.5. The molecule has 0 aliphatic carbocycles. The SMILES string of the molecule is O=C1CSc2cc(C(=O)NC(Cc3ccccc3)C(=O)NC(Cc3cccc(Cl)c3)n3cnnn3)ccc2N1. The van der Waals surface area contributed by atoms with Crippen molar-refractivity contribution < 1.29 is 14.4 Å². The number of halogens is 1. The highest BCUT2D eigenvalue weighted by molar-refractivity contribution is 8.00. The van der Waals surface area contributed by atoms with Crippen molar-refractivity contribution in [2.24, 2.45) is 0 Å². The molecule has 2 unspecified atom stereocenters. The van der Waals surface area contributed by atoms with Crippen molar-refractivity contribution in [2.75, 3.05) is 11.1 Å². The monoisotopic (exact) mass is 561 g/mol. The summed E-state index contributed by atoms with van der Waals surface area (Å²) < 4.78 is 1.45. The molecule has 0 fully saturated rings. The lowest BCUT2D eigenvalue weighted by molar-refractivity contribution is -0.124. The van der Waals surface area contributed by atoms with Gasteiger partial charge in [-0.3, -0.25) is 14.4 Å². The van der Waals surface area contributed by atoms with E-state index in [1.807, 2.05) is 48.5 Å². The van der Waals surface area contributed by atoms with Gasteiger partial charge >= 0.3 is 0 Å². The minimum Gasteiger partial charge on any atom is -0.340 e. The Morgan fingerprint density at radius 3 is 2.59 bits per heavy atom. The number of carbonyl (C=O) groups is 3. The third-order valence-corrected chi connectivity index (χ3v) is 7.38. The number of rotatable bonds is 9. The van der Waals surface area contributed by atoms with Crippen LogP contribution in [-0.2, 0) is 22.4 Å². The van der Waals surface area contributed by atoms with Gasteiger partial charge in [-0.2, -0.15) is 0 Å². The van der Waals surface area contributed by atoms with Crippen LogP contribution in [0, 0.1) is 0 Å². The highest BCUT2D eigenvalue weighted by Crippen LogP contribution is 2.32. The first-order valence-electron chi connectivity index (χ1n) is 12.1. The molecule has 0 radical (unpaired) electrons. The smallest absolute Gasteiger partial charge is 0.251 e. The van der Waals surface area contributed by atoms with Crippen LogP contribution in [0.15, 0.2) is 84.0 Å². The Labute approximate surface area is 233 Å². The van der Waals surface area contributed by atoms with Crippen molar-refractivity contribution in [3.63, 3.8) is 0 Å². The van der Waals surface area contributed by atoms with Crippen molar-refractivity contribution >= 4 is 46.8 Å². The zero-order valence-electron chi connectivity index (χ0n) is 20.6. The summed E-state index contributed by atoms with van der Waals surface area (Å²) >= 11 is 7.53. The molecule has 3 amide bonds. The van der Waals surface area contributed by atoms with Gasteiger partial charge in [-0.15, -0.1) is 16.9 Å². The van der Waals surface area contributed by atoms with Gasteiger partial charge in [-0.1, -0.05) is 54.1 Å². The van der Waals surface area contributed by atoms with E-state index in [1.54, 1.807) is 24.3 Å². The van der Waals surface area contributed by atoms with Crippen LogP contribution in [0.4, 0.5) is 5.69 Å². The number of aromatic nitrogens is 4. The topological polar surface area (TPSA) is 131 Å². The van der Waals surface area contributed by atoms with E-state index in [-0.39, 0.29) is 18.1 Å². The standard InChI is InChI=1S/C27H24ClN7O3S/c28-20-8-4-7-18(11-20)13-24(35-16-29-33-34-35)32-27(38)22(12-17-5-2-1-3-6-17)31-26(37)19-9-10-21-23(14-19)39-15-25(36)30-21/h1-11,14,16,22,24H,12-13,15H2,(H,30,36)(H,31,37)(H,32,38). The predicted octanol–water partition coefficient (Wildman–Crippen LogP) is 3.27. The van der Waals surface area contributed by atoms with E-state index in [0.717, 1.165) is 16.0 Å². The number of hydrogen-bond donors (Lipinski definition) is 3. The molecule has 3 N–H and O–H groups in total. The Hall–Kier alpha value is -4.22. The molecule has 39 heavy (non-hydrogen) atoms. The van der Waals surface area contributed by atoms with Gasteiger partial charge in [0.25, 0.3) is 5.91 Å². The molecular weight excluding hydrogens is 538 g/mol. The lowest BCUT2D eigenvalue weighted by Crippen LogP contribution is -2.50. The van der Waals surface area contributed by atoms with Gasteiger partial charge in [0.05, 0.1) is 11.4 Å². The zero-order valence-corrected chi connectivity index (χ0v) is 22.2. The highest BCUT2D eigenvalue weighted by atomic mass is 35.5. The Balaban J connectivity index is 1.37. The molecule has 4 aromatic rings. The molecule has 1 aromatic heterocycles. The number of fused-ring (bicyclic) bond motifs is 1. The zero-order chi connectivity index (χ0) is 27.2. The lowest BCUT2D eigenvalue weighted by atomic mass is 10.0. The maximum atomic E-state index is 13.7. The molecule has 2 atom stereocenters. The first-order chi connectivity index (χ1) is 18.9. The Morgan fingerprint density at radius 2 is 1.82 bits per heavy atom. The van der Waals surface area contributed by atoms with E-state index in [1.165, 1.54) is 22.8 Å². The van der Waals surface area contributed by atoms with Gasteiger partial charge in [0.15, 0.2) is 0 Å². The van der Waals surface area contributed by atoms with Crippen LogP contribution in [0.5, 0.6) is 0 Å². The number of carbonyl (C=O) groups excluding carboxylic acids is 3. The minimum absolute atomic E-state index is 0.0841. The van der Waals surface area contributed by atoms with Crippen LogP contribution in [0.1, 0.15) is 27.7 Å². The van der Waals surface area contributed by atoms with E-state index < -0.39 is 24.0 Å². The number of benzene rings is 3. The van der Waals surface area contributed by atoms with Crippen LogP contribution in [0.2, 0.25) is 5.02 Å². The molecule has 0 saturated carbocycles. The molecule has 1 aliphatic rings. The summed E-state index contributed by atoms with van der Waals surface area (Å²) in [6, 6.07) is 20.9. The number of tetrazole rings is 1. The van der Waals surface area contributed by atoms with E-state index in [9.17, 15) is 14.4 Å². The summed E-state index contributed by atoms with van der Waals surface area (Å²) in [5.74, 6) is -0.601. The van der Waals surface area contributed by atoms with Gasteiger partial charge in [0.1, 0.15) is 18.5 Å². The third-order valence-electron chi connectivity index (χ3n) is 6.09. The third kappa shape index (κ3) is 6.81. The van der Waals surface area contributed by atoms with Gasteiger partial charge < -0.3 is 16.0 Å². The van der Waals surface area contributed by atoms with E-state index in [0.29, 0.717) is 22.7 Å². The Kier molecular flexibility index (Phi) is 8.18. The van der Waals surface area contributed by atoms with Crippen molar-refractivity contribution in [2.45, 2.75) is 29.9 Å². The molecule has 0 saturated heterocycles. The second kappa shape index (κ2) is 12.1. The quantitative estimate of drug-likeness (QED) is 0.286. The molecule has 2 heterocycles. The summed E-state index contributed by atoms with van der Waals surface area (Å²) in [5.41, 5.74) is 2.82. The van der Waals surface area contributed by atoms with Crippen LogP contribution in [0.3, 0.4) is 0 Å². The fourth-order valence-corrected chi connectivity index (χ4v) is 5.25. The summed E-state index contributed by atoms with van der Waals surface area (Å²) in [6.45, 7) is 0. The fraction of sp³-hybridized carbons (Fsp3) is 0.185. The van der Waals surface area contributed by atoms with Crippen molar-refractivity contribution in [3.05, 3.63) is 101 Å². The molecular formula is C27H24ClN7O3S. The van der Waals surface area contributed by atoms with Crippen molar-refractivity contribution in [1.82, 2.24) is 30.8 Å². The number of thioether (sulfide) groups is 1. The van der Waals surface area contributed by atoms with Gasteiger partial charge in [-0.25, -0.2) is 4.68 Å².